The van der Waals surface area contributed by atoms with Gasteiger partial charge in [-0.25, -0.2) is 23.7 Å². The van der Waals surface area contributed by atoms with Crippen LogP contribution in [0.15, 0.2) is 48.9 Å². The van der Waals surface area contributed by atoms with Gasteiger partial charge in [0.15, 0.2) is 17.2 Å². The van der Waals surface area contributed by atoms with Gasteiger partial charge in [-0.15, -0.1) is 0 Å². The highest BCUT2D eigenvalue weighted by Crippen LogP contribution is 2.39. The zero-order valence-corrected chi connectivity index (χ0v) is 16.6. The fourth-order valence-corrected chi connectivity index (χ4v) is 4.31. The molecule has 0 aliphatic carbocycles. The molecule has 1 atom stereocenters. The number of ether oxygens (including phenoxy) is 1. The minimum absolute atomic E-state index is 0.210. The van der Waals surface area contributed by atoms with Gasteiger partial charge in [0.05, 0.1) is 29.9 Å². The first-order valence-electron chi connectivity index (χ1n) is 9.55. The molecule has 31 heavy (non-hydrogen) atoms. The number of nitrogens with zero attached hydrogens (tertiary/aromatic N) is 6. The number of hydrogen-bond acceptors (Lipinski definition) is 5. The van der Waals surface area contributed by atoms with Crippen molar-refractivity contribution < 1.29 is 13.5 Å². The van der Waals surface area contributed by atoms with Crippen LogP contribution < -0.4 is 4.74 Å². The zero-order chi connectivity index (χ0) is 21.1. The molecule has 1 aliphatic heterocycles. The predicted molar refractivity (Wildman–Crippen MR) is 110 cm³/mol. The zero-order valence-electron chi connectivity index (χ0n) is 15.8. The van der Waals surface area contributed by atoms with E-state index in [0.717, 1.165) is 0 Å². The molecule has 0 bridgehead atoms. The second kappa shape index (κ2) is 6.71. The van der Waals surface area contributed by atoms with Crippen molar-refractivity contribution in [2.45, 2.75) is 12.5 Å². The number of rotatable bonds is 2. The Labute approximate surface area is 178 Å². The maximum absolute atomic E-state index is 14.3. The molecular formula is C21H13ClF2N6O. The average molecular weight is 439 g/mol. The number of hydrogen-bond donors (Lipinski definition) is 0. The molecule has 0 amide bonds. The molecule has 10 heteroatoms. The Hall–Kier alpha value is -3.59. The lowest BCUT2D eigenvalue weighted by Gasteiger charge is -2.27. The van der Waals surface area contributed by atoms with Crippen LogP contribution in [0.4, 0.5) is 8.78 Å². The molecule has 1 aliphatic rings. The first-order valence-corrected chi connectivity index (χ1v) is 9.92. The average Bonchev–Trinajstić information content (AvgIpc) is 3.33. The molecule has 7 nitrogen and oxygen atoms in total. The summed E-state index contributed by atoms with van der Waals surface area (Å²) >= 11 is 6.48. The Morgan fingerprint density at radius 2 is 1.97 bits per heavy atom. The summed E-state index contributed by atoms with van der Waals surface area (Å²) in [7, 11) is 0. The van der Waals surface area contributed by atoms with Crippen molar-refractivity contribution in [3.63, 3.8) is 0 Å². The highest BCUT2D eigenvalue weighted by Gasteiger charge is 2.29. The van der Waals surface area contributed by atoms with Crippen molar-refractivity contribution in [2.75, 3.05) is 6.61 Å². The SMILES string of the molecule is Fc1ccc2ncn(-c3ncc4nc(Cl)n(C5CCOc6c(F)cccc65)c4n3)c2c1. The van der Waals surface area contributed by atoms with E-state index in [-0.39, 0.29) is 22.9 Å². The number of imidazole rings is 2. The second-order valence-corrected chi connectivity index (χ2v) is 7.53. The lowest BCUT2D eigenvalue weighted by Crippen LogP contribution is -2.21. The smallest absolute Gasteiger partial charge is 0.237 e. The van der Waals surface area contributed by atoms with Crippen molar-refractivity contribution in [1.29, 1.82) is 0 Å². The maximum Gasteiger partial charge on any atom is 0.237 e. The third kappa shape index (κ3) is 2.77. The van der Waals surface area contributed by atoms with Crippen LogP contribution in [-0.2, 0) is 0 Å². The normalized spacial score (nSPS) is 15.9. The first kappa shape index (κ1) is 18.2. The van der Waals surface area contributed by atoms with Gasteiger partial charge in [0, 0.05) is 18.1 Å². The summed E-state index contributed by atoms with van der Waals surface area (Å²) < 4.78 is 37.0. The topological polar surface area (TPSA) is 70.7 Å². The van der Waals surface area contributed by atoms with Gasteiger partial charge in [0.25, 0.3) is 0 Å². The molecule has 3 aromatic heterocycles. The van der Waals surface area contributed by atoms with Crippen LogP contribution in [0, 0.1) is 11.6 Å². The Morgan fingerprint density at radius 3 is 2.87 bits per heavy atom. The molecule has 1 unspecified atom stereocenters. The number of aromatic nitrogens is 6. The molecule has 6 rings (SSSR count). The fraction of sp³-hybridized carbons (Fsp3) is 0.143. The van der Waals surface area contributed by atoms with E-state index in [1.807, 2.05) is 0 Å². The summed E-state index contributed by atoms with van der Waals surface area (Å²) in [6, 6.07) is 8.80. The van der Waals surface area contributed by atoms with Crippen molar-refractivity contribution >= 4 is 33.8 Å². The molecule has 4 heterocycles. The monoisotopic (exact) mass is 438 g/mol. The quantitative estimate of drug-likeness (QED) is 0.380. The minimum atomic E-state index is -0.426. The summed E-state index contributed by atoms with van der Waals surface area (Å²) in [5.74, 6) is -0.304. The lowest BCUT2D eigenvalue weighted by molar-refractivity contribution is 0.245. The van der Waals surface area contributed by atoms with Gasteiger partial charge in [-0.2, -0.15) is 4.98 Å². The third-order valence-corrected chi connectivity index (χ3v) is 5.67. The second-order valence-electron chi connectivity index (χ2n) is 7.19. The van der Waals surface area contributed by atoms with E-state index >= 15 is 0 Å². The van der Waals surface area contributed by atoms with E-state index in [2.05, 4.69) is 19.9 Å². The van der Waals surface area contributed by atoms with E-state index in [1.165, 1.54) is 24.5 Å². The van der Waals surface area contributed by atoms with E-state index in [0.29, 0.717) is 46.7 Å². The lowest BCUT2D eigenvalue weighted by atomic mass is 10.00. The van der Waals surface area contributed by atoms with Gasteiger partial charge >= 0.3 is 0 Å². The molecule has 0 saturated carbocycles. The van der Waals surface area contributed by atoms with Crippen LogP contribution in [0.3, 0.4) is 0 Å². The van der Waals surface area contributed by atoms with Crippen LogP contribution in [0.2, 0.25) is 5.28 Å². The molecule has 154 valence electrons. The molecule has 0 spiro atoms. The van der Waals surface area contributed by atoms with Gasteiger partial charge in [0.1, 0.15) is 17.7 Å². The summed E-state index contributed by atoms with van der Waals surface area (Å²) in [6.45, 7) is 0.331. The maximum atomic E-state index is 14.3. The first-order chi connectivity index (χ1) is 15.1. The molecule has 2 aromatic carbocycles. The van der Waals surface area contributed by atoms with Crippen LogP contribution in [0.5, 0.6) is 5.75 Å². The largest absolute Gasteiger partial charge is 0.490 e. The number of halogens is 3. The van der Waals surface area contributed by atoms with E-state index in [4.69, 9.17) is 16.3 Å². The third-order valence-electron chi connectivity index (χ3n) is 5.41. The summed E-state index contributed by atoms with van der Waals surface area (Å²) in [4.78, 5) is 17.7. The van der Waals surface area contributed by atoms with Crippen molar-refractivity contribution in [3.8, 4) is 11.7 Å². The van der Waals surface area contributed by atoms with Gasteiger partial charge in [0.2, 0.25) is 11.2 Å². The van der Waals surface area contributed by atoms with Gasteiger partial charge in [-0.3, -0.25) is 9.13 Å². The number of para-hydroxylation sites is 1. The molecule has 0 fully saturated rings. The van der Waals surface area contributed by atoms with E-state index < -0.39 is 5.82 Å². The Bertz CT molecular complexity index is 1480. The van der Waals surface area contributed by atoms with Gasteiger partial charge in [-0.1, -0.05) is 12.1 Å². The number of benzene rings is 2. The van der Waals surface area contributed by atoms with Crippen molar-refractivity contribution in [2.24, 2.45) is 0 Å². The molecule has 0 N–H and O–H groups in total. The number of fused-ring (bicyclic) bond motifs is 3. The van der Waals surface area contributed by atoms with Crippen LogP contribution in [-0.4, -0.2) is 35.7 Å². The van der Waals surface area contributed by atoms with Gasteiger partial charge < -0.3 is 4.74 Å². The Kier molecular flexibility index (Phi) is 3.94. The highest BCUT2D eigenvalue weighted by atomic mass is 35.5. The van der Waals surface area contributed by atoms with Crippen molar-refractivity contribution in [1.82, 2.24) is 29.1 Å². The fourth-order valence-electron chi connectivity index (χ4n) is 4.02. The molecule has 5 aromatic rings. The molecule has 0 radical (unpaired) electrons. The van der Waals surface area contributed by atoms with E-state index in [1.54, 1.807) is 33.5 Å². The standard InChI is InChI=1S/C21H13ClF2N6O/c22-20-27-15-9-25-21(29-10-26-14-5-4-11(23)8-17(14)29)28-19(15)30(20)16-6-7-31-18-12(16)2-1-3-13(18)24/h1-5,8-10,16H,6-7H2. The highest BCUT2D eigenvalue weighted by molar-refractivity contribution is 6.29. The summed E-state index contributed by atoms with van der Waals surface area (Å²) in [5.41, 5.74) is 2.80. The molecule has 0 saturated heterocycles. The molecular weight excluding hydrogens is 426 g/mol. The van der Waals surface area contributed by atoms with Crippen LogP contribution in [0.25, 0.3) is 28.1 Å². The van der Waals surface area contributed by atoms with Crippen LogP contribution in [0.1, 0.15) is 18.0 Å². The Morgan fingerprint density at radius 1 is 1.06 bits per heavy atom. The Balaban J connectivity index is 1.55. The summed E-state index contributed by atoms with van der Waals surface area (Å²) in [6.07, 6.45) is 3.66. The van der Waals surface area contributed by atoms with Gasteiger partial charge in [-0.05, 0) is 29.8 Å². The summed E-state index contributed by atoms with van der Waals surface area (Å²) in [5, 5.41) is 0.213. The van der Waals surface area contributed by atoms with Crippen molar-refractivity contribution in [3.05, 3.63) is 71.4 Å². The predicted octanol–water partition coefficient (Wildman–Crippen LogP) is 4.47. The van der Waals surface area contributed by atoms with Crippen LogP contribution >= 0.6 is 11.6 Å². The van der Waals surface area contributed by atoms with E-state index in [9.17, 15) is 8.78 Å². The minimum Gasteiger partial charge on any atom is -0.490 e.